The second-order valence-corrected chi connectivity index (χ2v) is 18.7. The van der Waals surface area contributed by atoms with Gasteiger partial charge in [0.05, 0.1) is 61.4 Å². The van der Waals surface area contributed by atoms with Crippen LogP contribution in [-0.4, -0.2) is 173 Å². The summed E-state index contributed by atoms with van der Waals surface area (Å²) in [5, 5.41) is 95.4. The number of thioether (sulfide) groups is 2. The maximum atomic E-state index is 15.8. The van der Waals surface area contributed by atoms with Crippen LogP contribution in [0.3, 0.4) is 0 Å². The van der Waals surface area contributed by atoms with Crippen LogP contribution < -0.4 is 0 Å². The average Bonchev–Trinajstić information content (AvgIpc) is 4.02. The average molecular weight is 915 g/mol. The predicted octanol–water partition coefficient (Wildman–Crippen LogP) is -0.492. The molecule has 336 valence electrons. The molecule has 6 heterocycles. The van der Waals surface area contributed by atoms with E-state index in [9.17, 15) is 40.9 Å². The van der Waals surface area contributed by atoms with Crippen LogP contribution in [0.2, 0.25) is 0 Å². The molecule has 12 atom stereocenters. The van der Waals surface area contributed by atoms with Crippen LogP contribution in [0.4, 0.5) is 26.3 Å². The Balaban J connectivity index is 1.02. The number of aromatic nitrogens is 6. The van der Waals surface area contributed by atoms with Gasteiger partial charge in [-0.15, -0.1) is 33.7 Å². The molecule has 4 aliphatic heterocycles. The molecule has 2 aromatic rings. The number of fused-ring (bicyclic) bond motifs is 4. The molecule has 0 amide bonds. The van der Waals surface area contributed by atoms with Gasteiger partial charge in [0.25, 0.3) is 0 Å². The summed E-state index contributed by atoms with van der Waals surface area (Å²) >= 11 is 2.02. The van der Waals surface area contributed by atoms with Crippen LogP contribution in [0.1, 0.15) is 25.2 Å². The van der Waals surface area contributed by atoms with E-state index in [1.54, 1.807) is 0 Å². The molecule has 8 rings (SSSR count). The molecule has 2 unspecified atom stereocenters. The normalized spacial score (nSPS) is 38.7. The Labute approximate surface area is 349 Å². The van der Waals surface area contributed by atoms with E-state index in [4.69, 9.17) is 18.9 Å². The molecule has 18 nitrogen and oxygen atoms in total. The monoisotopic (exact) mass is 914 g/mol. The molecule has 2 aliphatic carbocycles. The van der Waals surface area contributed by atoms with E-state index in [0.29, 0.717) is 9.81 Å². The van der Waals surface area contributed by atoms with Crippen molar-refractivity contribution in [3.8, 4) is 0 Å². The topological polar surface area (TPSA) is 260 Å². The number of nitrogens with zero attached hydrogens (tertiary/aromatic N) is 6. The maximum absolute atomic E-state index is 15.8. The largest absolute Gasteiger partial charge is 0.394 e. The second kappa shape index (κ2) is 15.6. The first kappa shape index (κ1) is 44.6. The molecule has 0 spiro atoms. The molecule has 26 heteroatoms. The van der Waals surface area contributed by atoms with Crippen molar-refractivity contribution in [3.63, 3.8) is 0 Å². The zero-order chi connectivity index (χ0) is 44.2. The minimum atomic E-state index is -5.77. The van der Waals surface area contributed by atoms with Crippen LogP contribution in [-0.2, 0) is 45.3 Å². The van der Waals surface area contributed by atoms with Crippen molar-refractivity contribution in [1.82, 2.24) is 30.0 Å². The van der Waals surface area contributed by atoms with Crippen molar-refractivity contribution >= 4 is 23.5 Å². The standard InChI is InChI=1S/C35H40F6N6O12S2/c1-31-17(3-15(60-31)7-46-5-13(42-44-46)11-56-29-27(54)25(52)23(50)19(9-48)58-29)21-22(34(38,39)35(40,41)33(21,36)37)18-4-16(61-32(18,31)2)8-47-6-14(43-45-47)12-57-30-28(55)26(53)24(51)20(10-49)59-30/h3-6,19-20,23-30,48-55H,7-12H2,1-2H3/t19-,20-,23+,24+,25-,26-,27-,28-,29-,30-,31?,32?/m1/s1. The third-order valence-electron chi connectivity index (χ3n) is 11.7. The number of allylic oxidation sites excluding steroid dienone is 6. The van der Waals surface area contributed by atoms with E-state index in [-0.39, 0.29) is 37.7 Å². The summed E-state index contributed by atoms with van der Waals surface area (Å²) in [6, 6.07) is 0. The van der Waals surface area contributed by atoms with Gasteiger partial charge in [-0.3, -0.25) is 0 Å². The first-order chi connectivity index (χ1) is 28.6. The molecular formula is C35H40F6N6O12S2. The smallest absolute Gasteiger partial charge is 0.380 e. The van der Waals surface area contributed by atoms with Crippen molar-refractivity contribution in [2.24, 2.45) is 0 Å². The fourth-order valence-electron chi connectivity index (χ4n) is 8.24. The molecule has 1 saturated carbocycles. The molecule has 6 aliphatic rings. The lowest BCUT2D eigenvalue weighted by Gasteiger charge is -2.47. The van der Waals surface area contributed by atoms with Crippen LogP contribution in [0.5, 0.6) is 0 Å². The first-order valence-corrected chi connectivity index (χ1v) is 20.3. The van der Waals surface area contributed by atoms with Crippen molar-refractivity contribution in [3.05, 3.63) is 68.0 Å². The van der Waals surface area contributed by atoms with Crippen LogP contribution in [0.25, 0.3) is 0 Å². The third kappa shape index (κ3) is 6.92. The molecule has 0 bridgehead atoms. The van der Waals surface area contributed by atoms with E-state index in [1.807, 2.05) is 0 Å². The van der Waals surface area contributed by atoms with Gasteiger partial charge in [0.1, 0.15) is 60.2 Å². The number of rotatable bonds is 12. The molecule has 61 heavy (non-hydrogen) atoms. The Morgan fingerprint density at radius 3 is 1.36 bits per heavy atom. The maximum Gasteiger partial charge on any atom is 0.380 e. The number of hydrogen-bond acceptors (Lipinski definition) is 18. The fraction of sp³-hybridized carbons (Fsp3) is 0.657. The van der Waals surface area contributed by atoms with E-state index in [2.05, 4.69) is 20.6 Å². The Kier molecular flexibility index (Phi) is 11.4. The SMILES string of the molecule is CC12SC(Cn3cc(CO[C@@H]4O[C@H](CO)[C@H](O)[C@@H](O)[C@H]4O)nn3)=CC1=C1C(=C3C=C(Cn4cc(CO[C@@H]5O[C@H](CO)[C@H](O)[C@@H](O)[C@H]5O)nn4)SC32C)C(F)(F)C(F)(F)C1(F)F. The van der Waals surface area contributed by atoms with Crippen LogP contribution in [0, 0.1) is 0 Å². The van der Waals surface area contributed by atoms with Crippen molar-refractivity contribution < 1.29 is 86.1 Å². The number of aliphatic hydroxyl groups excluding tert-OH is 8. The minimum absolute atomic E-state index is 0.155. The Bertz CT molecular complexity index is 2030. The quantitative estimate of drug-likeness (QED) is 0.125. The second-order valence-electron chi connectivity index (χ2n) is 15.6. The predicted molar refractivity (Wildman–Crippen MR) is 194 cm³/mol. The molecule has 0 aromatic carbocycles. The van der Waals surface area contributed by atoms with E-state index in [0.717, 1.165) is 23.5 Å². The van der Waals surface area contributed by atoms with Gasteiger partial charge >= 0.3 is 17.8 Å². The molecular weight excluding hydrogens is 875 g/mol. The Morgan fingerprint density at radius 1 is 0.623 bits per heavy atom. The molecule has 2 aromatic heterocycles. The van der Waals surface area contributed by atoms with Gasteiger partial charge in [-0.1, -0.05) is 10.4 Å². The van der Waals surface area contributed by atoms with Gasteiger partial charge in [-0.25, -0.2) is 9.36 Å². The summed E-state index contributed by atoms with van der Waals surface area (Å²) in [6.07, 6.45) is -10.2. The van der Waals surface area contributed by atoms with Crippen LogP contribution in [0.15, 0.2) is 56.6 Å². The van der Waals surface area contributed by atoms with Crippen molar-refractivity contribution in [2.45, 2.75) is 129 Å². The summed E-state index contributed by atoms with van der Waals surface area (Å²) in [5.41, 5.74) is -3.42. The van der Waals surface area contributed by atoms with E-state index < -0.39 is 124 Å². The first-order valence-electron chi connectivity index (χ1n) is 18.6. The fourth-order valence-corrected chi connectivity index (χ4v) is 11.4. The number of hydrogen-bond donors (Lipinski definition) is 8. The van der Waals surface area contributed by atoms with Crippen LogP contribution >= 0.6 is 23.5 Å². The lowest BCUT2D eigenvalue weighted by atomic mass is 9.71. The minimum Gasteiger partial charge on any atom is -0.394 e. The van der Waals surface area contributed by atoms with Gasteiger partial charge in [0.2, 0.25) is 0 Å². The number of ether oxygens (including phenoxy) is 4. The highest BCUT2D eigenvalue weighted by atomic mass is 32.2. The number of aliphatic hydroxyl groups is 8. The summed E-state index contributed by atoms with van der Waals surface area (Å²) in [5.74, 6) is -16.3. The highest BCUT2D eigenvalue weighted by molar-refractivity contribution is 8.09. The van der Waals surface area contributed by atoms with E-state index in [1.165, 1.54) is 47.8 Å². The molecule has 0 radical (unpaired) electrons. The zero-order valence-electron chi connectivity index (χ0n) is 31.8. The van der Waals surface area contributed by atoms with Gasteiger partial charge in [-0.2, -0.15) is 26.3 Å². The number of alkyl halides is 6. The Hall–Kier alpha value is -2.96. The summed E-state index contributed by atoms with van der Waals surface area (Å²) in [4.78, 5) is 0.587. The van der Waals surface area contributed by atoms with Gasteiger partial charge < -0.3 is 59.8 Å². The van der Waals surface area contributed by atoms with Crippen molar-refractivity contribution in [2.75, 3.05) is 13.2 Å². The summed E-state index contributed by atoms with van der Waals surface area (Å²) in [7, 11) is 0. The lowest BCUT2D eigenvalue weighted by molar-refractivity contribution is -0.304. The zero-order valence-corrected chi connectivity index (χ0v) is 33.4. The van der Waals surface area contributed by atoms with E-state index >= 15 is 26.3 Å². The van der Waals surface area contributed by atoms with Gasteiger partial charge in [0, 0.05) is 21.0 Å². The summed E-state index contributed by atoms with van der Waals surface area (Å²) in [6.45, 7) is 0.629. The van der Waals surface area contributed by atoms with Crippen molar-refractivity contribution in [1.29, 1.82) is 0 Å². The highest BCUT2D eigenvalue weighted by Crippen LogP contribution is 2.74. The lowest BCUT2D eigenvalue weighted by Crippen LogP contribution is -2.59. The molecule has 2 saturated heterocycles. The van der Waals surface area contributed by atoms with Gasteiger partial charge in [0.15, 0.2) is 12.6 Å². The Morgan fingerprint density at radius 2 is 1.00 bits per heavy atom. The summed E-state index contributed by atoms with van der Waals surface area (Å²) < 4.78 is 115. The number of halogens is 6. The molecule has 3 fully saturated rings. The highest BCUT2D eigenvalue weighted by Gasteiger charge is 2.84. The molecule has 8 N–H and O–H groups in total. The van der Waals surface area contributed by atoms with Gasteiger partial charge in [-0.05, 0) is 37.1 Å². The third-order valence-corrected chi connectivity index (χ3v) is 14.9.